The van der Waals surface area contributed by atoms with E-state index in [1.54, 1.807) is 0 Å². The summed E-state index contributed by atoms with van der Waals surface area (Å²) in [6.07, 6.45) is 2.03. The minimum absolute atomic E-state index is 0.0672. The van der Waals surface area contributed by atoms with E-state index in [1.165, 1.54) is 11.1 Å². The highest BCUT2D eigenvalue weighted by molar-refractivity contribution is 5.87. The van der Waals surface area contributed by atoms with Gasteiger partial charge in [-0.2, -0.15) is 0 Å². The maximum absolute atomic E-state index is 12.4. The lowest BCUT2D eigenvalue weighted by atomic mass is 9.76. The second kappa shape index (κ2) is 4.97. The Kier molecular flexibility index (Phi) is 3.31. The van der Waals surface area contributed by atoms with Crippen molar-refractivity contribution in [2.24, 2.45) is 5.92 Å². The Morgan fingerprint density at radius 1 is 1.32 bits per heavy atom. The zero-order valence-corrected chi connectivity index (χ0v) is 11.6. The van der Waals surface area contributed by atoms with Crippen molar-refractivity contribution < 1.29 is 4.79 Å². The number of piperidine rings is 1. The fraction of sp³-hybridized carbons (Fsp3) is 0.562. The SMILES string of the molecule is CC1CCNC(C)C1NC(=O)C1Cc2ccccc21. The molecule has 1 aliphatic carbocycles. The van der Waals surface area contributed by atoms with Crippen LogP contribution in [-0.4, -0.2) is 24.5 Å². The summed E-state index contributed by atoms with van der Waals surface area (Å²) >= 11 is 0. The fourth-order valence-corrected chi connectivity index (χ4v) is 3.36. The molecule has 0 aromatic heterocycles. The van der Waals surface area contributed by atoms with Crippen LogP contribution in [0.3, 0.4) is 0 Å². The molecule has 0 spiro atoms. The Morgan fingerprint density at radius 2 is 2.11 bits per heavy atom. The van der Waals surface area contributed by atoms with E-state index in [0.29, 0.717) is 12.0 Å². The maximum atomic E-state index is 12.4. The summed E-state index contributed by atoms with van der Waals surface area (Å²) in [5.74, 6) is 0.819. The van der Waals surface area contributed by atoms with Crippen molar-refractivity contribution in [3.8, 4) is 0 Å². The Morgan fingerprint density at radius 3 is 2.84 bits per heavy atom. The fourth-order valence-electron chi connectivity index (χ4n) is 3.36. The largest absolute Gasteiger partial charge is 0.351 e. The summed E-state index contributed by atoms with van der Waals surface area (Å²) < 4.78 is 0. The molecular formula is C16H22N2O. The van der Waals surface area contributed by atoms with E-state index in [9.17, 15) is 4.79 Å². The number of carbonyl (C=O) groups excluding carboxylic acids is 1. The molecule has 4 atom stereocenters. The lowest BCUT2D eigenvalue weighted by Gasteiger charge is -2.38. The van der Waals surface area contributed by atoms with E-state index in [4.69, 9.17) is 0 Å². The number of amides is 1. The zero-order chi connectivity index (χ0) is 13.4. The minimum Gasteiger partial charge on any atom is -0.351 e. The van der Waals surface area contributed by atoms with E-state index < -0.39 is 0 Å². The van der Waals surface area contributed by atoms with E-state index in [-0.39, 0.29) is 17.9 Å². The highest BCUT2D eigenvalue weighted by Crippen LogP contribution is 2.35. The molecule has 1 fully saturated rings. The van der Waals surface area contributed by atoms with Crippen LogP contribution in [-0.2, 0) is 11.2 Å². The lowest BCUT2D eigenvalue weighted by molar-refractivity contribution is -0.124. The predicted octanol–water partition coefficient (Wildman–Crippen LogP) is 1.83. The molecule has 1 heterocycles. The Balaban J connectivity index is 1.66. The van der Waals surface area contributed by atoms with Crippen molar-refractivity contribution in [2.75, 3.05) is 6.54 Å². The summed E-state index contributed by atoms with van der Waals surface area (Å²) in [5.41, 5.74) is 2.54. The van der Waals surface area contributed by atoms with Gasteiger partial charge in [0, 0.05) is 12.1 Å². The normalized spacial score (nSPS) is 33.2. The van der Waals surface area contributed by atoms with E-state index >= 15 is 0 Å². The van der Waals surface area contributed by atoms with Gasteiger partial charge in [-0.15, -0.1) is 0 Å². The Bertz CT molecular complexity index is 475. The van der Waals surface area contributed by atoms with Crippen molar-refractivity contribution in [1.82, 2.24) is 10.6 Å². The summed E-state index contributed by atoms with van der Waals surface area (Å²) in [4.78, 5) is 12.4. The standard InChI is InChI=1S/C16H22N2O/c1-10-7-8-17-11(2)15(10)18-16(19)14-9-12-5-3-4-6-13(12)14/h3-6,10-11,14-15,17H,7-9H2,1-2H3,(H,18,19). The maximum Gasteiger partial charge on any atom is 0.228 e. The second-order valence-electron chi connectivity index (χ2n) is 6.00. The van der Waals surface area contributed by atoms with Gasteiger partial charge in [0.15, 0.2) is 0 Å². The summed E-state index contributed by atoms with van der Waals surface area (Å²) in [5, 5.41) is 6.71. The molecule has 19 heavy (non-hydrogen) atoms. The van der Waals surface area contributed by atoms with Gasteiger partial charge in [0.05, 0.1) is 5.92 Å². The van der Waals surface area contributed by atoms with E-state index in [2.05, 4.69) is 36.6 Å². The van der Waals surface area contributed by atoms with Gasteiger partial charge >= 0.3 is 0 Å². The van der Waals surface area contributed by atoms with Gasteiger partial charge in [-0.3, -0.25) is 4.79 Å². The van der Waals surface area contributed by atoms with Crippen LogP contribution in [0.5, 0.6) is 0 Å². The van der Waals surface area contributed by atoms with Crippen molar-refractivity contribution in [2.45, 2.75) is 44.7 Å². The first kappa shape index (κ1) is 12.7. The van der Waals surface area contributed by atoms with Crippen LogP contribution >= 0.6 is 0 Å². The van der Waals surface area contributed by atoms with Crippen LogP contribution in [0.2, 0.25) is 0 Å². The molecule has 102 valence electrons. The number of hydrogen-bond acceptors (Lipinski definition) is 2. The zero-order valence-electron chi connectivity index (χ0n) is 11.6. The predicted molar refractivity (Wildman–Crippen MR) is 76.1 cm³/mol. The lowest BCUT2D eigenvalue weighted by Crippen LogP contribution is -2.57. The molecule has 1 aromatic carbocycles. The van der Waals surface area contributed by atoms with Crippen LogP contribution in [0, 0.1) is 5.92 Å². The molecule has 1 aliphatic heterocycles. The third kappa shape index (κ3) is 2.27. The van der Waals surface area contributed by atoms with Crippen molar-refractivity contribution >= 4 is 5.91 Å². The molecule has 0 saturated carbocycles. The number of carbonyl (C=O) groups is 1. The topological polar surface area (TPSA) is 41.1 Å². The van der Waals surface area contributed by atoms with Crippen molar-refractivity contribution in [1.29, 1.82) is 0 Å². The molecule has 1 saturated heterocycles. The minimum atomic E-state index is 0.0672. The number of rotatable bonds is 2. The first-order valence-corrected chi connectivity index (χ1v) is 7.28. The van der Waals surface area contributed by atoms with Crippen LogP contribution in [0.25, 0.3) is 0 Å². The molecular weight excluding hydrogens is 236 g/mol. The molecule has 1 amide bonds. The quantitative estimate of drug-likeness (QED) is 0.849. The van der Waals surface area contributed by atoms with Crippen LogP contribution < -0.4 is 10.6 Å². The monoisotopic (exact) mass is 258 g/mol. The molecule has 2 aliphatic rings. The third-order valence-corrected chi connectivity index (χ3v) is 4.70. The number of benzene rings is 1. The van der Waals surface area contributed by atoms with Gasteiger partial charge in [0.25, 0.3) is 0 Å². The Hall–Kier alpha value is -1.35. The molecule has 1 aromatic rings. The van der Waals surface area contributed by atoms with Gasteiger partial charge in [0.2, 0.25) is 5.91 Å². The molecule has 3 heteroatoms. The van der Waals surface area contributed by atoms with Gasteiger partial charge < -0.3 is 10.6 Å². The third-order valence-electron chi connectivity index (χ3n) is 4.70. The highest BCUT2D eigenvalue weighted by atomic mass is 16.2. The van der Waals surface area contributed by atoms with Crippen LogP contribution in [0.4, 0.5) is 0 Å². The summed E-state index contributed by atoms with van der Waals surface area (Å²) in [7, 11) is 0. The molecule has 3 rings (SSSR count). The first-order valence-electron chi connectivity index (χ1n) is 7.28. The second-order valence-corrected chi connectivity index (χ2v) is 6.00. The molecule has 3 nitrogen and oxygen atoms in total. The van der Waals surface area contributed by atoms with Gasteiger partial charge in [-0.25, -0.2) is 0 Å². The van der Waals surface area contributed by atoms with Crippen LogP contribution in [0.15, 0.2) is 24.3 Å². The average Bonchev–Trinajstić information content (AvgIpc) is 2.35. The van der Waals surface area contributed by atoms with Gasteiger partial charge in [-0.1, -0.05) is 31.2 Å². The molecule has 2 N–H and O–H groups in total. The average molecular weight is 258 g/mol. The van der Waals surface area contributed by atoms with E-state index in [1.807, 2.05) is 12.1 Å². The van der Waals surface area contributed by atoms with Gasteiger partial charge in [-0.05, 0) is 43.4 Å². The number of nitrogens with one attached hydrogen (secondary N) is 2. The van der Waals surface area contributed by atoms with Crippen molar-refractivity contribution in [3.63, 3.8) is 0 Å². The Labute approximate surface area is 114 Å². The molecule has 0 bridgehead atoms. The smallest absolute Gasteiger partial charge is 0.228 e. The summed E-state index contributed by atoms with van der Waals surface area (Å²) in [6.45, 7) is 5.45. The number of hydrogen-bond donors (Lipinski definition) is 2. The van der Waals surface area contributed by atoms with Crippen LogP contribution in [0.1, 0.15) is 37.3 Å². The summed E-state index contributed by atoms with van der Waals surface area (Å²) in [6, 6.07) is 8.88. The number of fused-ring (bicyclic) bond motifs is 1. The van der Waals surface area contributed by atoms with Crippen molar-refractivity contribution in [3.05, 3.63) is 35.4 Å². The van der Waals surface area contributed by atoms with E-state index in [0.717, 1.165) is 19.4 Å². The van der Waals surface area contributed by atoms with Gasteiger partial charge in [0.1, 0.15) is 0 Å². The molecule has 4 unspecified atom stereocenters. The molecule has 0 radical (unpaired) electrons. The highest BCUT2D eigenvalue weighted by Gasteiger charge is 2.35. The first-order chi connectivity index (χ1) is 9.16.